The van der Waals surface area contributed by atoms with Gasteiger partial charge in [-0.25, -0.2) is 4.79 Å². The van der Waals surface area contributed by atoms with E-state index >= 15 is 0 Å². The van der Waals surface area contributed by atoms with E-state index < -0.39 is 0 Å². The summed E-state index contributed by atoms with van der Waals surface area (Å²) in [5.41, 5.74) is 2.54. The van der Waals surface area contributed by atoms with E-state index in [4.69, 9.17) is 14.3 Å². The van der Waals surface area contributed by atoms with Crippen LogP contribution in [0.5, 0.6) is 0 Å². The zero-order valence-electron chi connectivity index (χ0n) is 18.2. The van der Waals surface area contributed by atoms with E-state index in [0.29, 0.717) is 18.5 Å². The minimum absolute atomic E-state index is 0.0347. The molecule has 0 unspecified atom stereocenters. The summed E-state index contributed by atoms with van der Waals surface area (Å²) in [6, 6.07) is 5.50. The first-order chi connectivity index (χ1) is 14.7. The van der Waals surface area contributed by atoms with Crippen molar-refractivity contribution in [3.05, 3.63) is 39.7 Å². The summed E-state index contributed by atoms with van der Waals surface area (Å²) in [4.78, 5) is 45.8. The third-order valence-electron chi connectivity index (χ3n) is 5.56. The van der Waals surface area contributed by atoms with E-state index in [1.54, 1.807) is 6.07 Å². The minimum atomic E-state index is -0.376. The lowest BCUT2D eigenvalue weighted by Gasteiger charge is -2.25. The minimum Gasteiger partial charge on any atom is -0.483 e. The lowest BCUT2D eigenvalue weighted by molar-refractivity contribution is -0.123. The molecule has 2 amide bonds. The van der Waals surface area contributed by atoms with Gasteiger partial charge in [-0.3, -0.25) is 19.3 Å². The number of carbonyl (C=O) groups excluding carboxylic acids is 2. The van der Waals surface area contributed by atoms with Crippen molar-refractivity contribution >= 4 is 34.9 Å². The van der Waals surface area contributed by atoms with Crippen molar-refractivity contribution in [1.82, 2.24) is 10.2 Å². The highest BCUT2D eigenvalue weighted by atomic mass is 16.4. The van der Waals surface area contributed by atoms with Crippen LogP contribution < -0.4 is 16.3 Å². The highest BCUT2D eigenvalue weighted by Crippen LogP contribution is 2.27. The molecule has 9 heteroatoms. The second kappa shape index (κ2) is 10.7. The van der Waals surface area contributed by atoms with Gasteiger partial charge in [-0.05, 0) is 57.0 Å². The van der Waals surface area contributed by atoms with Crippen LogP contribution in [0, 0.1) is 13.8 Å². The Hall–Kier alpha value is -3.20. The number of carboxylic acid groups (broad SMARTS) is 1. The normalized spacial score (nSPS) is 18.2. The molecule has 1 aliphatic rings. The fraction of sp³-hybridized carbons (Fsp3) is 0.455. The Labute approximate surface area is 180 Å². The number of hydrogen-bond acceptors (Lipinski definition) is 6. The van der Waals surface area contributed by atoms with Crippen LogP contribution >= 0.6 is 0 Å². The smallest absolute Gasteiger partial charge is 0.336 e. The van der Waals surface area contributed by atoms with Gasteiger partial charge in [-0.1, -0.05) is 0 Å². The van der Waals surface area contributed by atoms with Crippen LogP contribution in [-0.2, 0) is 14.4 Å². The number of hydrogen-bond donors (Lipinski definition) is 3. The molecule has 31 heavy (non-hydrogen) atoms. The maximum atomic E-state index is 12.6. The molecule has 1 fully saturated rings. The number of aryl methyl sites for hydroxylation is 2. The summed E-state index contributed by atoms with van der Waals surface area (Å²) in [5.74, 6) is -0.0815. The maximum Gasteiger partial charge on any atom is 0.336 e. The number of anilines is 1. The Morgan fingerprint density at radius 1 is 1.19 bits per heavy atom. The lowest BCUT2D eigenvalue weighted by atomic mass is 10.1. The average Bonchev–Trinajstić information content (AvgIpc) is 3.01. The molecule has 1 aromatic heterocycles. The number of benzene rings is 1. The van der Waals surface area contributed by atoms with E-state index in [2.05, 4.69) is 15.5 Å². The quantitative estimate of drug-likeness (QED) is 0.488. The summed E-state index contributed by atoms with van der Waals surface area (Å²) in [6.07, 6.45) is 2.28. The summed E-state index contributed by atoms with van der Waals surface area (Å²) >= 11 is 0. The zero-order chi connectivity index (χ0) is 23.1. The Balaban J connectivity index is 0.00000107. The van der Waals surface area contributed by atoms with Gasteiger partial charge in [-0.2, -0.15) is 0 Å². The number of rotatable bonds is 5. The molecule has 3 rings (SSSR count). The van der Waals surface area contributed by atoms with Crippen molar-refractivity contribution in [2.45, 2.75) is 52.1 Å². The van der Waals surface area contributed by atoms with Crippen molar-refractivity contribution in [1.29, 1.82) is 0 Å². The van der Waals surface area contributed by atoms with Crippen LogP contribution in [0.4, 0.5) is 5.69 Å². The van der Waals surface area contributed by atoms with Gasteiger partial charge in [0.25, 0.3) is 6.47 Å². The molecule has 3 N–H and O–H groups in total. The first kappa shape index (κ1) is 24.1. The monoisotopic (exact) mass is 431 g/mol. The summed E-state index contributed by atoms with van der Waals surface area (Å²) in [7, 11) is 2.00. The Kier molecular flexibility index (Phi) is 8.32. The second-order valence-corrected chi connectivity index (χ2v) is 7.76. The Morgan fingerprint density at radius 3 is 2.48 bits per heavy atom. The third-order valence-corrected chi connectivity index (χ3v) is 5.56. The topological polar surface area (TPSA) is 129 Å². The molecule has 1 aromatic carbocycles. The van der Waals surface area contributed by atoms with Gasteiger partial charge in [-0.15, -0.1) is 0 Å². The molecule has 2 atom stereocenters. The number of carbonyl (C=O) groups is 3. The van der Waals surface area contributed by atoms with Crippen molar-refractivity contribution in [3.63, 3.8) is 0 Å². The van der Waals surface area contributed by atoms with Gasteiger partial charge in [0, 0.05) is 49.1 Å². The summed E-state index contributed by atoms with van der Waals surface area (Å²) < 4.78 is 5.25. The number of fused-ring (bicyclic) bond motifs is 1. The number of likely N-dealkylation sites (N-methyl/N-ethyl adjacent to an activating group) is 1. The van der Waals surface area contributed by atoms with Gasteiger partial charge >= 0.3 is 5.63 Å². The first-order valence-corrected chi connectivity index (χ1v) is 10.1. The summed E-state index contributed by atoms with van der Waals surface area (Å²) in [6.45, 7) is 5.60. The fourth-order valence-electron chi connectivity index (χ4n) is 3.86. The molecule has 9 nitrogen and oxygen atoms in total. The molecule has 2 aromatic rings. The standard InChI is InChI=1S/C21H27N3O4.CH2O2/c1-12-8-21(27)28-19-7-13(2)18(10-17(12)19)23-20(26)9-15-5-6-16(24(15)4)11-22-14(3)25;2-1-3/h7-8,10,15-16H,5-6,9,11H2,1-4H3,(H,22,25)(H,23,26);1H,(H,2,3)/t15-,16+;/m0./s1. The van der Waals surface area contributed by atoms with Gasteiger partial charge in [0.15, 0.2) is 0 Å². The molecule has 0 radical (unpaired) electrons. The van der Waals surface area contributed by atoms with Crippen LogP contribution in [0.3, 0.4) is 0 Å². The van der Waals surface area contributed by atoms with Crippen LogP contribution in [0.2, 0.25) is 0 Å². The third kappa shape index (κ3) is 6.39. The molecular weight excluding hydrogens is 402 g/mol. The van der Waals surface area contributed by atoms with Crippen LogP contribution in [-0.4, -0.2) is 54.0 Å². The average molecular weight is 431 g/mol. The van der Waals surface area contributed by atoms with Crippen molar-refractivity contribution in [2.75, 3.05) is 18.9 Å². The van der Waals surface area contributed by atoms with E-state index in [1.165, 1.54) is 13.0 Å². The van der Waals surface area contributed by atoms with Gasteiger partial charge < -0.3 is 20.2 Å². The molecule has 168 valence electrons. The van der Waals surface area contributed by atoms with E-state index in [-0.39, 0.29) is 36.0 Å². The fourth-order valence-corrected chi connectivity index (χ4v) is 3.86. The van der Waals surface area contributed by atoms with Crippen LogP contribution in [0.25, 0.3) is 11.0 Å². The van der Waals surface area contributed by atoms with Crippen LogP contribution in [0.1, 0.15) is 37.3 Å². The number of nitrogens with zero attached hydrogens (tertiary/aromatic N) is 1. The SMILES string of the molecule is CC(=O)NC[C@H]1CC[C@@H](CC(=O)Nc2cc3c(C)cc(=O)oc3cc2C)N1C.O=CO. The van der Waals surface area contributed by atoms with Crippen molar-refractivity contribution < 1.29 is 23.9 Å². The molecule has 1 saturated heterocycles. The van der Waals surface area contributed by atoms with Crippen molar-refractivity contribution in [2.24, 2.45) is 0 Å². The van der Waals surface area contributed by atoms with Crippen molar-refractivity contribution in [3.8, 4) is 0 Å². The van der Waals surface area contributed by atoms with Gasteiger partial charge in [0.1, 0.15) is 5.58 Å². The molecule has 0 bridgehead atoms. The van der Waals surface area contributed by atoms with Gasteiger partial charge in [0.05, 0.1) is 0 Å². The highest BCUT2D eigenvalue weighted by molar-refractivity contribution is 5.95. The predicted octanol–water partition coefficient (Wildman–Crippen LogP) is 2.04. The molecule has 0 saturated carbocycles. The largest absolute Gasteiger partial charge is 0.483 e. The lowest BCUT2D eigenvalue weighted by Crippen LogP contribution is -2.41. The summed E-state index contributed by atoms with van der Waals surface area (Å²) in [5, 5.41) is 13.6. The molecule has 0 spiro atoms. The van der Waals surface area contributed by atoms with E-state index in [0.717, 1.165) is 35.0 Å². The second-order valence-electron chi connectivity index (χ2n) is 7.76. The number of likely N-dealkylation sites (tertiary alicyclic amines) is 1. The van der Waals surface area contributed by atoms with E-state index in [1.807, 2.05) is 27.0 Å². The first-order valence-electron chi connectivity index (χ1n) is 10.1. The Bertz CT molecular complexity index is 1020. The number of amides is 2. The molecule has 1 aliphatic heterocycles. The number of nitrogens with one attached hydrogen (secondary N) is 2. The zero-order valence-corrected chi connectivity index (χ0v) is 18.2. The highest BCUT2D eigenvalue weighted by Gasteiger charge is 2.31. The maximum absolute atomic E-state index is 12.6. The molecule has 0 aliphatic carbocycles. The van der Waals surface area contributed by atoms with E-state index in [9.17, 15) is 14.4 Å². The predicted molar refractivity (Wildman–Crippen MR) is 117 cm³/mol. The molecule has 2 heterocycles. The van der Waals surface area contributed by atoms with Crippen LogP contribution in [0.15, 0.2) is 27.4 Å². The Morgan fingerprint density at radius 2 is 1.84 bits per heavy atom. The molecular formula is C22H29N3O6. The van der Waals surface area contributed by atoms with Gasteiger partial charge in [0.2, 0.25) is 11.8 Å².